The van der Waals surface area contributed by atoms with Crippen LogP contribution in [-0.2, 0) is 6.54 Å². The Bertz CT molecular complexity index is 1260. The molecule has 2 N–H and O–H groups in total. The van der Waals surface area contributed by atoms with Crippen LogP contribution in [0.25, 0.3) is 10.9 Å². The lowest BCUT2D eigenvalue weighted by molar-refractivity contribution is 0.174. The van der Waals surface area contributed by atoms with Gasteiger partial charge in [-0.25, -0.2) is 9.18 Å². The van der Waals surface area contributed by atoms with Gasteiger partial charge in [-0.1, -0.05) is 6.92 Å². The van der Waals surface area contributed by atoms with Crippen LogP contribution in [0.1, 0.15) is 25.3 Å². The van der Waals surface area contributed by atoms with E-state index in [9.17, 15) is 14.0 Å². The maximum Gasteiger partial charge on any atom is 0.322 e. The zero-order valence-electron chi connectivity index (χ0n) is 19.0. The van der Waals surface area contributed by atoms with Gasteiger partial charge in [-0.2, -0.15) is 0 Å². The van der Waals surface area contributed by atoms with Gasteiger partial charge in [0.05, 0.1) is 12.1 Å². The van der Waals surface area contributed by atoms with Crippen LogP contribution < -0.4 is 20.3 Å². The van der Waals surface area contributed by atoms with Gasteiger partial charge in [0.25, 0.3) is 5.56 Å². The molecule has 0 bridgehead atoms. The quantitative estimate of drug-likeness (QED) is 0.575. The van der Waals surface area contributed by atoms with Crippen molar-refractivity contribution in [3.8, 4) is 11.5 Å². The van der Waals surface area contributed by atoms with Gasteiger partial charge in [0.2, 0.25) is 6.79 Å². The first-order chi connectivity index (χ1) is 16.5. The number of hydrogen-bond donors (Lipinski definition) is 2. The fourth-order valence-electron chi connectivity index (χ4n) is 4.69. The average molecular weight is 467 g/mol. The Morgan fingerprint density at radius 1 is 1.21 bits per heavy atom. The number of likely N-dealkylation sites (tertiary alicyclic amines) is 1. The number of carbonyl (C=O) groups excluding carboxylic acids is 1. The summed E-state index contributed by atoms with van der Waals surface area (Å²) in [5.41, 5.74) is 1.36. The molecule has 1 saturated heterocycles. The summed E-state index contributed by atoms with van der Waals surface area (Å²) in [5, 5.41) is 3.64. The van der Waals surface area contributed by atoms with E-state index >= 15 is 0 Å². The zero-order valence-corrected chi connectivity index (χ0v) is 19.0. The summed E-state index contributed by atoms with van der Waals surface area (Å²) in [6.45, 7) is 4.79. The van der Waals surface area contributed by atoms with E-state index in [0.29, 0.717) is 34.8 Å². The van der Waals surface area contributed by atoms with Crippen molar-refractivity contribution in [2.75, 3.05) is 31.7 Å². The van der Waals surface area contributed by atoms with Crippen LogP contribution >= 0.6 is 0 Å². The number of nitrogens with zero attached hydrogens (tertiary/aromatic N) is 2. The van der Waals surface area contributed by atoms with Crippen LogP contribution in [0, 0.1) is 5.82 Å². The lowest BCUT2D eigenvalue weighted by atomic mass is 10.1. The highest BCUT2D eigenvalue weighted by Gasteiger charge is 2.28. The molecule has 0 radical (unpaired) electrons. The summed E-state index contributed by atoms with van der Waals surface area (Å²) in [4.78, 5) is 33.1. The van der Waals surface area contributed by atoms with Crippen LogP contribution in [0.4, 0.5) is 14.9 Å². The van der Waals surface area contributed by atoms with E-state index in [1.165, 1.54) is 24.3 Å². The molecule has 0 saturated carbocycles. The molecule has 1 unspecified atom stereocenters. The number of pyridine rings is 1. The van der Waals surface area contributed by atoms with Gasteiger partial charge in [-0.3, -0.25) is 9.69 Å². The third kappa shape index (κ3) is 4.56. The number of hydrogen-bond acceptors (Lipinski definition) is 5. The standard InChI is InChI=1S/C25H27FN4O4/c1-2-29-9-3-4-20(29)14-30(25(32)27-19-7-5-18(26)6-8-19)13-17-10-16-11-22-23(34-15-33-22)12-21(16)28-24(17)31/h5-8,10-12,20H,2-4,9,13-15H2,1H3,(H,27,32)(H,28,31). The zero-order chi connectivity index (χ0) is 23.7. The maximum absolute atomic E-state index is 13.3. The van der Waals surface area contributed by atoms with Crippen molar-refractivity contribution in [3.05, 3.63) is 64.2 Å². The number of halogens is 1. The number of aromatic amines is 1. The number of nitrogens with one attached hydrogen (secondary N) is 2. The molecule has 3 aromatic rings. The van der Waals surface area contributed by atoms with Crippen molar-refractivity contribution in [1.29, 1.82) is 0 Å². The van der Waals surface area contributed by atoms with Gasteiger partial charge in [-0.15, -0.1) is 0 Å². The van der Waals surface area contributed by atoms with E-state index in [-0.39, 0.29) is 36.8 Å². The minimum Gasteiger partial charge on any atom is -0.454 e. The number of ether oxygens (including phenoxy) is 2. The van der Waals surface area contributed by atoms with Gasteiger partial charge >= 0.3 is 6.03 Å². The first-order valence-corrected chi connectivity index (χ1v) is 11.5. The smallest absolute Gasteiger partial charge is 0.322 e. The highest BCUT2D eigenvalue weighted by Crippen LogP contribution is 2.35. The van der Waals surface area contributed by atoms with Crippen LogP contribution in [-0.4, -0.2) is 53.3 Å². The molecule has 1 fully saturated rings. The molecule has 0 aliphatic carbocycles. The van der Waals surface area contributed by atoms with Crippen LogP contribution in [0.5, 0.6) is 11.5 Å². The normalized spacial score (nSPS) is 17.3. The molecule has 9 heteroatoms. The highest BCUT2D eigenvalue weighted by molar-refractivity contribution is 5.89. The summed E-state index contributed by atoms with van der Waals surface area (Å²) in [7, 11) is 0. The minimum absolute atomic E-state index is 0.140. The van der Waals surface area contributed by atoms with Crippen molar-refractivity contribution >= 4 is 22.6 Å². The van der Waals surface area contributed by atoms with Gasteiger partial charge in [0.1, 0.15) is 5.82 Å². The molecule has 178 valence electrons. The van der Waals surface area contributed by atoms with Gasteiger partial charge in [0.15, 0.2) is 11.5 Å². The van der Waals surface area contributed by atoms with Crippen molar-refractivity contribution in [1.82, 2.24) is 14.8 Å². The summed E-state index contributed by atoms with van der Waals surface area (Å²) in [6.07, 6.45) is 2.07. The van der Waals surface area contributed by atoms with E-state index < -0.39 is 0 Å². The number of likely N-dealkylation sites (N-methyl/N-ethyl adjacent to an activating group) is 1. The molecule has 2 aliphatic rings. The molecule has 2 aliphatic heterocycles. The molecule has 1 aromatic heterocycles. The Morgan fingerprint density at radius 3 is 2.74 bits per heavy atom. The molecule has 8 nitrogen and oxygen atoms in total. The summed E-state index contributed by atoms with van der Waals surface area (Å²) >= 11 is 0. The molecule has 2 aromatic carbocycles. The molecule has 1 atom stereocenters. The Labute approximate surface area is 196 Å². The number of aromatic nitrogens is 1. The molecular formula is C25H27FN4O4. The number of amides is 2. The number of anilines is 1. The summed E-state index contributed by atoms with van der Waals surface area (Å²) < 4.78 is 24.2. The Balaban J connectivity index is 1.43. The number of fused-ring (bicyclic) bond motifs is 2. The van der Waals surface area contributed by atoms with Crippen LogP contribution in [0.2, 0.25) is 0 Å². The monoisotopic (exact) mass is 466 g/mol. The lowest BCUT2D eigenvalue weighted by Gasteiger charge is -2.30. The largest absolute Gasteiger partial charge is 0.454 e. The second kappa shape index (κ2) is 9.34. The van der Waals surface area contributed by atoms with Crippen LogP contribution in [0.15, 0.2) is 47.3 Å². The Morgan fingerprint density at radius 2 is 1.97 bits per heavy atom. The minimum atomic E-state index is -0.372. The molecule has 3 heterocycles. The van der Waals surface area contributed by atoms with Gasteiger partial charge in [-0.05, 0) is 62.3 Å². The van der Waals surface area contributed by atoms with E-state index in [1.54, 1.807) is 17.0 Å². The fraction of sp³-hybridized carbons (Fsp3) is 0.360. The third-order valence-corrected chi connectivity index (χ3v) is 6.49. The predicted molar refractivity (Wildman–Crippen MR) is 127 cm³/mol. The SMILES string of the molecule is CCN1CCCC1CN(Cc1cc2cc3c(cc2[nH]c1=O)OCO3)C(=O)Nc1ccc(F)cc1. The predicted octanol–water partition coefficient (Wildman–Crippen LogP) is 3.91. The molecule has 2 amide bonds. The number of benzene rings is 2. The van der Waals surface area contributed by atoms with Crippen molar-refractivity contribution in [2.24, 2.45) is 0 Å². The molecule has 34 heavy (non-hydrogen) atoms. The molecule has 5 rings (SSSR count). The summed E-state index contributed by atoms with van der Waals surface area (Å²) in [6, 6.07) is 10.9. The van der Waals surface area contributed by atoms with E-state index in [2.05, 4.69) is 22.1 Å². The Hall–Kier alpha value is -3.59. The average Bonchev–Trinajstić information content (AvgIpc) is 3.47. The third-order valence-electron chi connectivity index (χ3n) is 6.49. The number of rotatable bonds is 6. The van der Waals surface area contributed by atoms with Crippen molar-refractivity contribution in [3.63, 3.8) is 0 Å². The first-order valence-electron chi connectivity index (χ1n) is 11.5. The number of carbonyl (C=O) groups is 1. The second-order valence-electron chi connectivity index (χ2n) is 8.66. The van der Waals surface area contributed by atoms with E-state index in [4.69, 9.17) is 9.47 Å². The van der Waals surface area contributed by atoms with Crippen LogP contribution in [0.3, 0.4) is 0 Å². The first kappa shape index (κ1) is 22.2. The second-order valence-corrected chi connectivity index (χ2v) is 8.66. The molecular weight excluding hydrogens is 439 g/mol. The summed E-state index contributed by atoms with van der Waals surface area (Å²) in [5.74, 6) is 0.848. The van der Waals surface area contributed by atoms with Crippen molar-refractivity contribution in [2.45, 2.75) is 32.4 Å². The van der Waals surface area contributed by atoms with E-state index in [0.717, 1.165) is 31.3 Å². The van der Waals surface area contributed by atoms with Gasteiger partial charge in [0, 0.05) is 35.3 Å². The lowest BCUT2D eigenvalue weighted by Crippen LogP contribution is -2.45. The van der Waals surface area contributed by atoms with Gasteiger partial charge < -0.3 is 24.7 Å². The number of H-pyrrole nitrogens is 1. The fourth-order valence-corrected chi connectivity index (χ4v) is 4.69. The topological polar surface area (TPSA) is 86.9 Å². The highest BCUT2D eigenvalue weighted by atomic mass is 19.1. The number of urea groups is 1. The van der Waals surface area contributed by atoms with E-state index in [1.807, 2.05) is 6.07 Å². The Kier molecular flexibility index (Phi) is 6.10. The molecule has 0 spiro atoms. The van der Waals surface area contributed by atoms with Crippen molar-refractivity contribution < 1.29 is 18.7 Å². The maximum atomic E-state index is 13.3.